The number of nitrogens with zero attached hydrogens (tertiary/aromatic N) is 2. The zero-order chi connectivity index (χ0) is 18.1. The molecule has 3 N–H and O–H groups in total. The van der Waals surface area contributed by atoms with Crippen LogP contribution in [0.1, 0.15) is 16.8 Å². The lowest BCUT2D eigenvalue weighted by Crippen LogP contribution is -2.56. The molecule has 3 heterocycles. The van der Waals surface area contributed by atoms with E-state index in [-0.39, 0.29) is 23.8 Å². The smallest absolute Gasteiger partial charge is 0.254 e. The number of benzene rings is 1. The van der Waals surface area contributed by atoms with Gasteiger partial charge in [0.05, 0.1) is 0 Å². The lowest BCUT2D eigenvalue weighted by atomic mass is 9.89. The molecule has 1 aromatic rings. The van der Waals surface area contributed by atoms with Gasteiger partial charge in [0, 0.05) is 55.3 Å². The van der Waals surface area contributed by atoms with Gasteiger partial charge in [0.25, 0.3) is 5.91 Å². The minimum absolute atomic E-state index is 0.0307. The monoisotopic (exact) mass is 377 g/mol. The molecule has 3 fully saturated rings. The van der Waals surface area contributed by atoms with Crippen LogP contribution in [0.3, 0.4) is 0 Å². The summed E-state index contributed by atoms with van der Waals surface area (Å²) in [6, 6.07) is 7.16. The van der Waals surface area contributed by atoms with Crippen molar-refractivity contribution in [1.82, 2.24) is 26.0 Å². The normalized spacial score (nSPS) is 28.7. The minimum Gasteiger partial charge on any atom is -0.338 e. The summed E-state index contributed by atoms with van der Waals surface area (Å²) in [6.07, 6.45) is 1.03. The second kappa shape index (κ2) is 7.52. The molecule has 0 saturated carbocycles. The third-order valence-electron chi connectivity index (χ3n) is 5.60. The molecule has 0 radical (unpaired) electrons. The Bertz CT molecular complexity index is 692. The van der Waals surface area contributed by atoms with Crippen LogP contribution in [0.25, 0.3) is 0 Å². The average Bonchev–Trinajstić information content (AvgIpc) is 3.11. The van der Waals surface area contributed by atoms with Crippen molar-refractivity contribution in [2.45, 2.75) is 18.5 Å². The van der Waals surface area contributed by atoms with Gasteiger partial charge >= 0.3 is 0 Å². The van der Waals surface area contributed by atoms with Crippen molar-refractivity contribution in [3.05, 3.63) is 34.9 Å². The lowest BCUT2D eigenvalue weighted by Gasteiger charge is -2.37. The van der Waals surface area contributed by atoms with Gasteiger partial charge in [-0.3, -0.25) is 15.0 Å². The number of amides is 2. The number of halogens is 1. The van der Waals surface area contributed by atoms with Crippen LogP contribution in [0.2, 0.25) is 5.02 Å². The molecule has 0 bridgehead atoms. The minimum atomic E-state index is -0.192. The first-order valence-electron chi connectivity index (χ1n) is 9.19. The number of piperidine rings is 1. The SMILES string of the molecule is O=C(c1cccc(Cl)c1)N1CCN(C(=O)C2NNC3CCNCC32)CC1. The van der Waals surface area contributed by atoms with Gasteiger partial charge in [-0.25, -0.2) is 5.43 Å². The fourth-order valence-electron chi connectivity index (χ4n) is 4.09. The predicted molar refractivity (Wildman–Crippen MR) is 98.8 cm³/mol. The summed E-state index contributed by atoms with van der Waals surface area (Å²) in [5.41, 5.74) is 7.05. The number of fused-ring (bicyclic) bond motifs is 1. The van der Waals surface area contributed by atoms with Gasteiger partial charge in [-0.05, 0) is 31.2 Å². The highest BCUT2D eigenvalue weighted by Gasteiger charge is 2.43. The predicted octanol–water partition coefficient (Wildman–Crippen LogP) is 0.0789. The first-order valence-corrected chi connectivity index (χ1v) is 9.56. The maximum Gasteiger partial charge on any atom is 0.254 e. The fourth-order valence-corrected chi connectivity index (χ4v) is 4.28. The van der Waals surface area contributed by atoms with Gasteiger partial charge in [-0.2, -0.15) is 0 Å². The van der Waals surface area contributed by atoms with E-state index in [9.17, 15) is 9.59 Å². The van der Waals surface area contributed by atoms with Crippen LogP contribution in [0, 0.1) is 5.92 Å². The van der Waals surface area contributed by atoms with Crippen molar-refractivity contribution < 1.29 is 9.59 Å². The highest BCUT2D eigenvalue weighted by atomic mass is 35.5. The molecular weight excluding hydrogens is 354 g/mol. The number of piperazine rings is 1. The summed E-state index contributed by atoms with van der Waals surface area (Å²) in [4.78, 5) is 29.2. The molecule has 8 heteroatoms. The average molecular weight is 378 g/mol. The Morgan fingerprint density at radius 3 is 2.62 bits per heavy atom. The van der Waals surface area contributed by atoms with Gasteiger partial charge in [0.15, 0.2) is 0 Å². The number of carbonyl (C=O) groups excluding carboxylic acids is 2. The van der Waals surface area contributed by atoms with E-state index < -0.39 is 0 Å². The van der Waals surface area contributed by atoms with E-state index in [0.29, 0.717) is 42.8 Å². The summed E-state index contributed by atoms with van der Waals surface area (Å²) >= 11 is 5.98. The number of hydrogen-bond donors (Lipinski definition) is 3. The van der Waals surface area contributed by atoms with E-state index in [2.05, 4.69) is 16.2 Å². The summed E-state index contributed by atoms with van der Waals surface area (Å²) in [5, 5.41) is 3.93. The number of hydrogen-bond acceptors (Lipinski definition) is 5. The molecule has 3 aliphatic heterocycles. The Balaban J connectivity index is 1.34. The van der Waals surface area contributed by atoms with Crippen LogP contribution < -0.4 is 16.2 Å². The zero-order valence-corrected chi connectivity index (χ0v) is 15.3. The standard InChI is InChI=1S/C18H24ClN5O2/c19-13-3-1-2-12(10-13)17(25)23-6-8-24(9-7-23)18(26)16-14-11-20-5-4-15(14)21-22-16/h1-3,10,14-16,20-22H,4-9,11H2. The van der Waals surface area contributed by atoms with Crippen LogP contribution in [0.15, 0.2) is 24.3 Å². The number of carbonyl (C=O) groups is 2. The molecule has 7 nitrogen and oxygen atoms in total. The van der Waals surface area contributed by atoms with Crippen molar-refractivity contribution in [2.75, 3.05) is 39.3 Å². The summed E-state index contributed by atoms with van der Waals surface area (Å²) in [6.45, 7) is 4.06. The van der Waals surface area contributed by atoms with E-state index in [1.54, 1.807) is 29.2 Å². The van der Waals surface area contributed by atoms with Crippen LogP contribution in [0.4, 0.5) is 0 Å². The molecule has 4 rings (SSSR count). The van der Waals surface area contributed by atoms with Crippen LogP contribution in [-0.2, 0) is 4.79 Å². The maximum absolute atomic E-state index is 12.9. The van der Waals surface area contributed by atoms with Crippen LogP contribution >= 0.6 is 11.6 Å². The number of hydrazine groups is 1. The third-order valence-corrected chi connectivity index (χ3v) is 5.83. The second-order valence-corrected chi connectivity index (χ2v) is 7.59. The first kappa shape index (κ1) is 17.7. The summed E-state index contributed by atoms with van der Waals surface area (Å²) in [7, 11) is 0. The van der Waals surface area contributed by atoms with E-state index in [4.69, 9.17) is 11.6 Å². The lowest BCUT2D eigenvalue weighted by molar-refractivity contribution is -0.135. The van der Waals surface area contributed by atoms with Crippen molar-refractivity contribution in [1.29, 1.82) is 0 Å². The van der Waals surface area contributed by atoms with E-state index in [1.165, 1.54) is 0 Å². The number of rotatable bonds is 2. The Kier molecular flexibility index (Phi) is 5.13. The van der Waals surface area contributed by atoms with E-state index in [0.717, 1.165) is 19.5 Å². The van der Waals surface area contributed by atoms with Crippen molar-refractivity contribution >= 4 is 23.4 Å². The largest absolute Gasteiger partial charge is 0.338 e. The van der Waals surface area contributed by atoms with Crippen molar-refractivity contribution in [3.8, 4) is 0 Å². The molecule has 1 aromatic carbocycles. The third kappa shape index (κ3) is 3.44. The van der Waals surface area contributed by atoms with Crippen LogP contribution in [-0.4, -0.2) is 73.0 Å². The molecule has 0 spiro atoms. The number of nitrogens with one attached hydrogen (secondary N) is 3. The van der Waals surface area contributed by atoms with Gasteiger partial charge in [0.1, 0.15) is 6.04 Å². The van der Waals surface area contributed by atoms with Crippen LogP contribution in [0.5, 0.6) is 0 Å². The Morgan fingerprint density at radius 2 is 1.85 bits per heavy atom. The Labute approximate surface area is 158 Å². The first-order chi connectivity index (χ1) is 12.6. The van der Waals surface area contributed by atoms with E-state index in [1.807, 2.05) is 4.90 Å². The molecule has 3 atom stereocenters. The molecule has 0 aliphatic carbocycles. The highest BCUT2D eigenvalue weighted by molar-refractivity contribution is 6.30. The zero-order valence-electron chi connectivity index (χ0n) is 14.6. The summed E-state index contributed by atoms with van der Waals surface area (Å²) in [5.74, 6) is 0.378. The molecule has 3 unspecified atom stereocenters. The molecule has 2 amide bonds. The Morgan fingerprint density at radius 1 is 1.08 bits per heavy atom. The quantitative estimate of drug-likeness (QED) is 0.680. The van der Waals surface area contributed by atoms with Gasteiger partial charge in [-0.1, -0.05) is 17.7 Å². The second-order valence-electron chi connectivity index (χ2n) is 7.16. The van der Waals surface area contributed by atoms with Gasteiger partial charge in [-0.15, -0.1) is 0 Å². The molecule has 140 valence electrons. The maximum atomic E-state index is 12.9. The topological polar surface area (TPSA) is 76.7 Å². The molecule has 26 heavy (non-hydrogen) atoms. The molecular formula is C18H24ClN5O2. The van der Waals surface area contributed by atoms with Gasteiger partial charge < -0.3 is 15.1 Å². The molecule has 3 aliphatic rings. The molecule has 0 aromatic heterocycles. The van der Waals surface area contributed by atoms with Crippen molar-refractivity contribution in [3.63, 3.8) is 0 Å². The Hall–Kier alpha value is -1.67. The fraction of sp³-hybridized carbons (Fsp3) is 0.556. The molecule has 3 saturated heterocycles. The van der Waals surface area contributed by atoms with Crippen molar-refractivity contribution in [2.24, 2.45) is 5.92 Å². The van der Waals surface area contributed by atoms with Gasteiger partial charge in [0.2, 0.25) is 5.91 Å². The summed E-state index contributed by atoms with van der Waals surface area (Å²) < 4.78 is 0. The van der Waals surface area contributed by atoms with E-state index >= 15 is 0 Å². The highest BCUT2D eigenvalue weighted by Crippen LogP contribution is 2.22.